The Balaban J connectivity index is 2.16. The molecule has 1 atom stereocenters. The van der Waals surface area contributed by atoms with Crippen LogP contribution in [-0.4, -0.2) is 75.2 Å². The van der Waals surface area contributed by atoms with E-state index in [0.717, 1.165) is 12.8 Å². The van der Waals surface area contributed by atoms with Crippen LogP contribution in [0, 0.1) is 0 Å². The molecule has 0 spiro atoms. The average Bonchev–Trinajstić information content (AvgIpc) is 2.42. The zero-order valence-electron chi connectivity index (χ0n) is 11.1. The molecule has 1 aliphatic heterocycles. The van der Waals surface area contributed by atoms with Gasteiger partial charge in [0.2, 0.25) is 0 Å². The lowest BCUT2D eigenvalue weighted by atomic mass is 9.91. The molecule has 0 aromatic heterocycles. The summed E-state index contributed by atoms with van der Waals surface area (Å²) < 4.78 is 15.4. The van der Waals surface area contributed by atoms with Crippen LogP contribution in [0.2, 0.25) is 0 Å². The summed E-state index contributed by atoms with van der Waals surface area (Å²) in [6, 6.07) is 0. The second kappa shape index (κ2) is 8.79. The van der Waals surface area contributed by atoms with Gasteiger partial charge in [-0.25, -0.2) is 0 Å². The normalized spacial score (nSPS) is 20.8. The molecule has 0 bridgehead atoms. The van der Waals surface area contributed by atoms with Crippen molar-refractivity contribution in [2.45, 2.75) is 24.5 Å². The van der Waals surface area contributed by atoms with Crippen molar-refractivity contribution in [2.24, 2.45) is 0 Å². The molecule has 108 valence electrons. The molecule has 0 saturated carbocycles. The van der Waals surface area contributed by atoms with Crippen molar-refractivity contribution in [1.29, 1.82) is 0 Å². The van der Waals surface area contributed by atoms with E-state index in [2.05, 4.69) is 5.32 Å². The van der Waals surface area contributed by atoms with Gasteiger partial charge in [0.05, 0.1) is 32.5 Å². The van der Waals surface area contributed by atoms with Crippen LogP contribution in [-0.2, 0) is 14.2 Å². The second-order valence-electron chi connectivity index (χ2n) is 4.65. The fraction of sp³-hybridized carbons (Fsp3) is 1.00. The second-order valence-corrected chi connectivity index (χ2v) is 4.65. The minimum Gasteiger partial charge on any atom is -0.394 e. The molecular formula is C12H25NO5. The van der Waals surface area contributed by atoms with Gasteiger partial charge in [0, 0.05) is 32.4 Å². The monoisotopic (exact) mass is 263 g/mol. The number of aliphatic hydroxyl groups is 2. The van der Waals surface area contributed by atoms with Gasteiger partial charge >= 0.3 is 0 Å². The summed E-state index contributed by atoms with van der Waals surface area (Å²) >= 11 is 0. The highest BCUT2D eigenvalue weighted by Crippen LogP contribution is 2.19. The van der Waals surface area contributed by atoms with E-state index in [0.29, 0.717) is 33.0 Å². The van der Waals surface area contributed by atoms with Crippen molar-refractivity contribution < 1.29 is 24.4 Å². The lowest BCUT2D eigenvalue weighted by Gasteiger charge is -2.37. The predicted molar refractivity (Wildman–Crippen MR) is 66.6 cm³/mol. The maximum absolute atomic E-state index is 9.75. The molecule has 1 unspecified atom stereocenters. The molecule has 18 heavy (non-hydrogen) atoms. The molecule has 6 heteroatoms. The Morgan fingerprint density at radius 2 is 2.06 bits per heavy atom. The van der Waals surface area contributed by atoms with Crippen molar-refractivity contribution >= 4 is 0 Å². The third-order valence-corrected chi connectivity index (χ3v) is 3.21. The maximum Gasteiger partial charge on any atom is 0.0897 e. The van der Waals surface area contributed by atoms with E-state index in [1.165, 1.54) is 0 Å². The maximum atomic E-state index is 9.75. The Morgan fingerprint density at radius 1 is 1.33 bits per heavy atom. The first-order chi connectivity index (χ1) is 8.72. The van der Waals surface area contributed by atoms with Crippen LogP contribution >= 0.6 is 0 Å². The molecule has 1 saturated heterocycles. The van der Waals surface area contributed by atoms with E-state index in [4.69, 9.17) is 14.2 Å². The quantitative estimate of drug-likeness (QED) is 0.470. The van der Waals surface area contributed by atoms with Crippen molar-refractivity contribution in [3.8, 4) is 0 Å². The summed E-state index contributed by atoms with van der Waals surface area (Å²) in [7, 11) is 1.61. The zero-order valence-corrected chi connectivity index (χ0v) is 11.1. The van der Waals surface area contributed by atoms with Crippen LogP contribution in [0.1, 0.15) is 12.8 Å². The van der Waals surface area contributed by atoms with Crippen LogP contribution in [0.4, 0.5) is 0 Å². The molecule has 0 aliphatic carbocycles. The number of aliphatic hydroxyl groups excluding tert-OH is 2. The molecule has 3 N–H and O–H groups in total. The standard InChI is InChI=1S/C12H25NO5/c1-16-6-7-18-9-11(15)8-13-12(10-14)2-4-17-5-3-12/h11,13-15H,2-10H2,1H3. The fourth-order valence-corrected chi connectivity index (χ4v) is 1.91. The number of hydrogen-bond acceptors (Lipinski definition) is 6. The number of ether oxygens (including phenoxy) is 3. The summed E-state index contributed by atoms with van der Waals surface area (Å²) in [6.45, 7) is 3.04. The molecule has 0 aromatic rings. The molecule has 1 fully saturated rings. The fourth-order valence-electron chi connectivity index (χ4n) is 1.91. The zero-order chi connectivity index (χ0) is 13.3. The molecule has 1 aliphatic rings. The Bertz CT molecular complexity index is 209. The van der Waals surface area contributed by atoms with Gasteiger partial charge in [0.25, 0.3) is 0 Å². The van der Waals surface area contributed by atoms with Crippen LogP contribution < -0.4 is 5.32 Å². The van der Waals surface area contributed by atoms with E-state index in [1.54, 1.807) is 7.11 Å². The topological polar surface area (TPSA) is 80.2 Å². The minimum atomic E-state index is -0.576. The van der Waals surface area contributed by atoms with E-state index >= 15 is 0 Å². The molecule has 1 rings (SSSR count). The largest absolute Gasteiger partial charge is 0.394 e. The summed E-state index contributed by atoms with van der Waals surface area (Å²) in [5, 5.41) is 22.4. The first kappa shape index (κ1) is 15.8. The highest BCUT2D eigenvalue weighted by Gasteiger charge is 2.31. The van der Waals surface area contributed by atoms with Gasteiger partial charge in [-0.05, 0) is 12.8 Å². The number of nitrogens with one attached hydrogen (secondary N) is 1. The summed E-state index contributed by atoms with van der Waals surface area (Å²) in [6.07, 6.45) is 0.953. The van der Waals surface area contributed by atoms with E-state index in [1.807, 2.05) is 0 Å². The molecule has 0 amide bonds. The first-order valence-electron chi connectivity index (χ1n) is 6.41. The molecule has 0 radical (unpaired) electrons. The number of β-amino-alcohol motifs (C(OH)–C–C–N with tert-alkyl or cyclic N) is 1. The number of methoxy groups -OCH3 is 1. The minimum absolute atomic E-state index is 0.0631. The Morgan fingerprint density at radius 3 is 2.67 bits per heavy atom. The van der Waals surface area contributed by atoms with Crippen molar-refractivity contribution in [3.63, 3.8) is 0 Å². The van der Waals surface area contributed by atoms with E-state index < -0.39 is 6.10 Å². The Labute approximate surface area is 108 Å². The highest BCUT2D eigenvalue weighted by molar-refractivity contribution is 4.90. The average molecular weight is 263 g/mol. The first-order valence-corrected chi connectivity index (χ1v) is 6.41. The van der Waals surface area contributed by atoms with E-state index in [9.17, 15) is 10.2 Å². The third-order valence-electron chi connectivity index (χ3n) is 3.21. The van der Waals surface area contributed by atoms with Gasteiger partial charge in [0.15, 0.2) is 0 Å². The Kier molecular flexibility index (Phi) is 7.73. The van der Waals surface area contributed by atoms with Crippen LogP contribution in [0.5, 0.6) is 0 Å². The lowest BCUT2D eigenvalue weighted by Crippen LogP contribution is -2.54. The van der Waals surface area contributed by atoms with Crippen molar-refractivity contribution in [1.82, 2.24) is 5.32 Å². The summed E-state index contributed by atoms with van der Waals surface area (Å²) in [4.78, 5) is 0. The van der Waals surface area contributed by atoms with Crippen LogP contribution in [0.15, 0.2) is 0 Å². The summed E-state index contributed by atoms with van der Waals surface area (Å²) in [5.74, 6) is 0. The Hall–Kier alpha value is -0.240. The van der Waals surface area contributed by atoms with Gasteiger partial charge in [-0.15, -0.1) is 0 Å². The third kappa shape index (κ3) is 5.60. The van der Waals surface area contributed by atoms with Gasteiger partial charge in [-0.1, -0.05) is 0 Å². The lowest BCUT2D eigenvalue weighted by molar-refractivity contribution is -0.0106. The predicted octanol–water partition coefficient (Wildman–Crippen LogP) is -0.859. The van der Waals surface area contributed by atoms with Crippen molar-refractivity contribution in [3.05, 3.63) is 0 Å². The van der Waals surface area contributed by atoms with Gasteiger partial charge in [0.1, 0.15) is 0 Å². The summed E-state index contributed by atoms with van der Waals surface area (Å²) in [5.41, 5.74) is -0.314. The number of rotatable bonds is 9. The number of hydrogen-bond donors (Lipinski definition) is 3. The SMILES string of the molecule is COCCOCC(O)CNC1(CO)CCOCC1. The molecule has 6 nitrogen and oxygen atoms in total. The van der Waals surface area contributed by atoms with E-state index in [-0.39, 0.29) is 18.8 Å². The van der Waals surface area contributed by atoms with Gasteiger partial charge < -0.3 is 29.7 Å². The molecule has 1 heterocycles. The van der Waals surface area contributed by atoms with Gasteiger partial charge in [-0.3, -0.25) is 0 Å². The van der Waals surface area contributed by atoms with Crippen LogP contribution in [0.25, 0.3) is 0 Å². The van der Waals surface area contributed by atoms with Crippen molar-refractivity contribution in [2.75, 3.05) is 53.3 Å². The highest BCUT2D eigenvalue weighted by atomic mass is 16.5. The van der Waals surface area contributed by atoms with Crippen LogP contribution in [0.3, 0.4) is 0 Å². The molecular weight excluding hydrogens is 238 g/mol. The smallest absolute Gasteiger partial charge is 0.0897 e. The van der Waals surface area contributed by atoms with Gasteiger partial charge in [-0.2, -0.15) is 0 Å². The molecule has 0 aromatic carbocycles.